The summed E-state index contributed by atoms with van der Waals surface area (Å²) in [5, 5.41) is 20.6. The van der Waals surface area contributed by atoms with Crippen molar-refractivity contribution in [2.24, 2.45) is 11.3 Å². The first-order chi connectivity index (χ1) is 8.02. The van der Waals surface area contributed by atoms with E-state index < -0.39 is 11.0 Å². The van der Waals surface area contributed by atoms with Crippen LogP contribution in [0.25, 0.3) is 0 Å². The van der Waals surface area contributed by atoms with E-state index in [4.69, 9.17) is 0 Å². The molecule has 0 radical (unpaired) electrons. The summed E-state index contributed by atoms with van der Waals surface area (Å²) >= 11 is 0. The molecule has 0 spiro atoms. The van der Waals surface area contributed by atoms with Crippen LogP contribution in [0.3, 0.4) is 0 Å². The Hall–Kier alpha value is -0.550. The Morgan fingerprint density at radius 2 is 1.65 bits per heavy atom. The summed E-state index contributed by atoms with van der Waals surface area (Å²) in [5.74, 6) is 0.145. The van der Waals surface area contributed by atoms with E-state index in [1.54, 1.807) is 0 Å². The van der Waals surface area contributed by atoms with Gasteiger partial charge in [0, 0.05) is 0 Å². The molecule has 0 heterocycles. The van der Waals surface area contributed by atoms with Crippen LogP contribution < -0.4 is 0 Å². The van der Waals surface area contributed by atoms with E-state index in [9.17, 15) is 10.4 Å². The minimum Gasteiger partial charge on any atom is -0.388 e. The Labute approximate surface area is 106 Å². The van der Waals surface area contributed by atoms with E-state index in [2.05, 4.69) is 6.07 Å². The van der Waals surface area contributed by atoms with Crippen molar-refractivity contribution < 1.29 is 5.11 Å². The first kappa shape index (κ1) is 14.5. The molecule has 0 aromatic carbocycles. The van der Waals surface area contributed by atoms with Crippen LogP contribution in [0, 0.1) is 22.7 Å². The Balaban J connectivity index is 3.02. The second kappa shape index (κ2) is 5.87. The molecule has 1 N–H and O–H groups in total. The zero-order valence-corrected chi connectivity index (χ0v) is 11.6. The van der Waals surface area contributed by atoms with Gasteiger partial charge >= 0.3 is 0 Å². The SMILES string of the molecule is CCC(O)(C(C)C)C1(C#N)CCCCCCC1. The van der Waals surface area contributed by atoms with Gasteiger partial charge in [0.15, 0.2) is 0 Å². The molecular formula is C15H27NO. The zero-order chi connectivity index (χ0) is 12.9. The predicted octanol–water partition coefficient (Wildman–Crippen LogP) is 4.04. The summed E-state index contributed by atoms with van der Waals surface area (Å²) in [6.07, 6.45) is 8.29. The molecule has 98 valence electrons. The van der Waals surface area contributed by atoms with Crippen LogP contribution >= 0.6 is 0 Å². The van der Waals surface area contributed by atoms with Gasteiger partial charge in [0.05, 0.1) is 17.1 Å². The molecule has 0 aliphatic heterocycles. The lowest BCUT2D eigenvalue weighted by molar-refractivity contribution is -0.105. The van der Waals surface area contributed by atoms with Crippen molar-refractivity contribution >= 4 is 0 Å². The third-order valence-corrected chi connectivity index (χ3v) is 4.74. The molecule has 1 aliphatic rings. The molecule has 1 saturated carbocycles. The zero-order valence-electron chi connectivity index (χ0n) is 11.6. The summed E-state index contributed by atoms with van der Waals surface area (Å²) in [7, 11) is 0. The molecule has 0 aromatic heterocycles. The fraction of sp³-hybridized carbons (Fsp3) is 0.933. The minimum atomic E-state index is -0.820. The smallest absolute Gasteiger partial charge is 0.0862 e. The first-order valence-corrected chi connectivity index (χ1v) is 7.16. The fourth-order valence-electron chi connectivity index (χ4n) is 3.45. The Bertz CT molecular complexity index is 271. The van der Waals surface area contributed by atoms with Gasteiger partial charge in [-0.15, -0.1) is 0 Å². The Morgan fingerprint density at radius 1 is 1.18 bits per heavy atom. The lowest BCUT2D eigenvalue weighted by Crippen LogP contribution is -2.51. The number of hydrogen-bond donors (Lipinski definition) is 1. The van der Waals surface area contributed by atoms with Crippen molar-refractivity contribution in [1.82, 2.24) is 0 Å². The van der Waals surface area contributed by atoms with E-state index in [-0.39, 0.29) is 5.92 Å². The van der Waals surface area contributed by atoms with Gasteiger partial charge in [-0.3, -0.25) is 0 Å². The third kappa shape index (κ3) is 2.65. The molecule has 0 saturated heterocycles. The predicted molar refractivity (Wildman–Crippen MR) is 70.4 cm³/mol. The van der Waals surface area contributed by atoms with Crippen molar-refractivity contribution in [2.75, 3.05) is 0 Å². The number of nitrogens with zero attached hydrogens (tertiary/aromatic N) is 1. The molecule has 1 aliphatic carbocycles. The molecule has 2 nitrogen and oxygen atoms in total. The molecule has 1 rings (SSSR count). The largest absolute Gasteiger partial charge is 0.388 e. The fourth-order valence-corrected chi connectivity index (χ4v) is 3.45. The number of rotatable bonds is 3. The third-order valence-electron chi connectivity index (χ3n) is 4.74. The van der Waals surface area contributed by atoms with Gasteiger partial charge in [-0.2, -0.15) is 5.26 Å². The summed E-state index contributed by atoms with van der Waals surface area (Å²) < 4.78 is 0. The Kier molecular flexibility index (Phi) is 5.01. The molecule has 1 atom stereocenters. The maximum atomic E-state index is 11.0. The van der Waals surface area contributed by atoms with E-state index in [0.29, 0.717) is 6.42 Å². The summed E-state index contributed by atoms with van der Waals surface area (Å²) in [6, 6.07) is 2.51. The maximum Gasteiger partial charge on any atom is 0.0862 e. The highest BCUT2D eigenvalue weighted by Crippen LogP contribution is 2.47. The van der Waals surface area contributed by atoms with Crippen molar-refractivity contribution in [1.29, 1.82) is 5.26 Å². The summed E-state index contributed by atoms with van der Waals surface area (Å²) in [6.45, 7) is 6.10. The van der Waals surface area contributed by atoms with Crippen LogP contribution in [-0.4, -0.2) is 10.7 Å². The molecule has 0 amide bonds. The van der Waals surface area contributed by atoms with Crippen LogP contribution in [0.2, 0.25) is 0 Å². The number of hydrogen-bond acceptors (Lipinski definition) is 2. The molecule has 1 fully saturated rings. The van der Waals surface area contributed by atoms with E-state index in [1.165, 1.54) is 19.3 Å². The highest BCUT2D eigenvalue weighted by atomic mass is 16.3. The van der Waals surface area contributed by atoms with Crippen LogP contribution in [-0.2, 0) is 0 Å². The maximum absolute atomic E-state index is 11.0. The summed E-state index contributed by atoms with van der Waals surface area (Å²) in [5.41, 5.74) is -1.34. The number of aliphatic hydroxyl groups is 1. The molecule has 0 bridgehead atoms. The lowest BCUT2D eigenvalue weighted by Gasteiger charge is -2.46. The van der Waals surface area contributed by atoms with Gasteiger partial charge in [-0.25, -0.2) is 0 Å². The van der Waals surface area contributed by atoms with Gasteiger partial charge in [-0.05, 0) is 25.2 Å². The molecule has 0 aromatic rings. The molecule has 2 heteroatoms. The van der Waals surface area contributed by atoms with Gasteiger partial charge in [0.2, 0.25) is 0 Å². The normalized spacial score (nSPS) is 24.5. The van der Waals surface area contributed by atoms with Crippen molar-refractivity contribution in [2.45, 2.75) is 77.7 Å². The van der Waals surface area contributed by atoms with E-state index >= 15 is 0 Å². The van der Waals surface area contributed by atoms with Gasteiger partial charge in [-0.1, -0.05) is 52.9 Å². The second-order valence-electron chi connectivity index (χ2n) is 5.89. The lowest BCUT2D eigenvalue weighted by atomic mass is 9.60. The van der Waals surface area contributed by atoms with E-state index in [0.717, 1.165) is 25.7 Å². The van der Waals surface area contributed by atoms with Crippen molar-refractivity contribution in [3.8, 4) is 6.07 Å². The quantitative estimate of drug-likeness (QED) is 0.805. The van der Waals surface area contributed by atoms with Crippen molar-refractivity contribution in [3.05, 3.63) is 0 Å². The second-order valence-corrected chi connectivity index (χ2v) is 5.89. The highest BCUT2D eigenvalue weighted by Gasteiger charge is 2.50. The molecule has 1 unspecified atom stereocenters. The van der Waals surface area contributed by atoms with Gasteiger partial charge in [0.1, 0.15) is 0 Å². The van der Waals surface area contributed by atoms with Crippen LogP contribution in [0.4, 0.5) is 0 Å². The van der Waals surface area contributed by atoms with E-state index in [1.807, 2.05) is 20.8 Å². The van der Waals surface area contributed by atoms with Crippen LogP contribution in [0.15, 0.2) is 0 Å². The van der Waals surface area contributed by atoms with Crippen LogP contribution in [0.1, 0.15) is 72.1 Å². The average molecular weight is 237 g/mol. The highest BCUT2D eigenvalue weighted by molar-refractivity contribution is 5.12. The molecular weight excluding hydrogens is 210 g/mol. The first-order valence-electron chi connectivity index (χ1n) is 7.16. The monoisotopic (exact) mass is 237 g/mol. The molecule has 17 heavy (non-hydrogen) atoms. The van der Waals surface area contributed by atoms with Crippen molar-refractivity contribution in [3.63, 3.8) is 0 Å². The standard InChI is InChI=1S/C15H27NO/c1-4-15(17,13(2)3)14(12-16)10-8-6-5-7-9-11-14/h13,17H,4-11H2,1-3H3. The van der Waals surface area contributed by atoms with Gasteiger partial charge in [0.25, 0.3) is 0 Å². The Morgan fingerprint density at radius 3 is 2.00 bits per heavy atom. The minimum absolute atomic E-state index is 0.145. The van der Waals surface area contributed by atoms with Gasteiger partial charge < -0.3 is 5.11 Å². The topological polar surface area (TPSA) is 44.0 Å². The number of nitriles is 1. The van der Waals surface area contributed by atoms with Crippen LogP contribution in [0.5, 0.6) is 0 Å². The summed E-state index contributed by atoms with van der Waals surface area (Å²) in [4.78, 5) is 0. The average Bonchev–Trinajstić information content (AvgIpc) is 2.28.